The van der Waals surface area contributed by atoms with Gasteiger partial charge in [-0.1, -0.05) is 67.9 Å². The van der Waals surface area contributed by atoms with E-state index < -0.39 is 10.0 Å². The van der Waals surface area contributed by atoms with E-state index in [1.807, 2.05) is 24.3 Å². The second kappa shape index (κ2) is 11.2. The van der Waals surface area contributed by atoms with Crippen LogP contribution in [0.5, 0.6) is 5.75 Å². The Hall–Kier alpha value is -2.67. The smallest absolute Gasteiger partial charge is 0.241 e. The fraction of sp³-hybridized carbons (Fsp3) is 0.357. The summed E-state index contributed by atoms with van der Waals surface area (Å²) >= 11 is 0. The quantitative estimate of drug-likeness (QED) is 0.456. The van der Waals surface area contributed by atoms with Crippen molar-refractivity contribution in [2.45, 2.75) is 50.1 Å². The van der Waals surface area contributed by atoms with E-state index in [2.05, 4.69) is 52.9 Å². The normalized spacial score (nSPS) is 15.4. The van der Waals surface area contributed by atoms with Crippen molar-refractivity contribution in [3.8, 4) is 16.9 Å². The van der Waals surface area contributed by atoms with Crippen LogP contribution >= 0.6 is 0 Å². The van der Waals surface area contributed by atoms with Crippen LogP contribution in [0.15, 0.2) is 77.7 Å². The molecule has 6 heteroatoms. The van der Waals surface area contributed by atoms with Gasteiger partial charge >= 0.3 is 0 Å². The Kier molecular flexibility index (Phi) is 8.03. The Bertz CT molecular complexity index is 1170. The third-order valence-corrected chi connectivity index (χ3v) is 8.02. The Labute approximate surface area is 203 Å². The largest absolute Gasteiger partial charge is 0.497 e. The molecule has 1 N–H and O–H groups in total. The van der Waals surface area contributed by atoms with Crippen molar-refractivity contribution >= 4 is 10.0 Å². The highest BCUT2D eigenvalue weighted by atomic mass is 32.2. The molecule has 1 aliphatic rings. The molecular weight excluding hydrogens is 444 g/mol. The van der Waals surface area contributed by atoms with Crippen LogP contribution in [0.2, 0.25) is 0 Å². The maximum Gasteiger partial charge on any atom is 0.241 e. The van der Waals surface area contributed by atoms with Crippen LogP contribution in [0.25, 0.3) is 11.1 Å². The van der Waals surface area contributed by atoms with Gasteiger partial charge in [-0.2, -0.15) is 0 Å². The summed E-state index contributed by atoms with van der Waals surface area (Å²) in [7, 11) is -2.09. The van der Waals surface area contributed by atoms with Crippen LogP contribution in [0.1, 0.15) is 37.3 Å². The number of nitrogens with zero attached hydrogens (tertiary/aromatic N) is 1. The Morgan fingerprint density at radius 3 is 2.29 bits per heavy atom. The third kappa shape index (κ3) is 6.06. The van der Waals surface area contributed by atoms with Gasteiger partial charge in [0.15, 0.2) is 0 Å². The molecule has 5 nitrogen and oxygen atoms in total. The summed E-state index contributed by atoms with van der Waals surface area (Å²) in [5.41, 5.74) is 4.07. The van der Waals surface area contributed by atoms with E-state index in [1.54, 1.807) is 19.2 Å². The minimum Gasteiger partial charge on any atom is -0.497 e. The van der Waals surface area contributed by atoms with E-state index in [0.29, 0.717) is 16.2 Å². The van der Waals surface area contributed by atoms with Gasteiger partial charge in [-0.05, 0) is 54.2 Å². The zero-order valence-electron chi connectivity index (χ0n) is 20.0. The van der Waals surface area contributed by atoms with E-state index in [9.17, 15) is 8.42 Å². The first-order valence-electron chi connectivity index (χ1n) is 12.0. The number of piperidine rings is 1. The Morgan fingerprint density at radius 2 is 1.65 bits per heavy atom. The number of benzene rings is 3. The molecule has 0 spiro atoms. The molecule has 1 heterocycles. The zero-order valence-corrected chi connectivity index (χ0v) is 20.9. The van der Waals surface area contributed by atoms with Crippen molar-refractivity contribution in [3.05, 3.63) is 83.9 Å². The molecule has 0 bridgehead atoms. The molecule has 0 aliphatic carbocycles. The number of rotatable bonds is 9. The van der Waals surface area contributed by atoms with Crippen LogP contribution in [0.3, 0.4) is 0 Å². The highest BCUT2D eigenvalue weighted by molar-refractivity contribution is 7.89. The standard InChI is InChI=1S/C28H34N2O3S/c1-3-7-22-10-12-24(13-11-22)27-20-26(33-2)14-15-28(27)34(31,32)29-25-16-18-30(19-17-25)21-23-8-5-4-6-9-23/h4-6,8-15,20,25,29H,3,7,16-19,21H2,1-2H3. The predicted molar refractivity (Wildman–Crippen MR) is 137 cm³/mol. The molecule has 0 unspecified atom stereocenters. The number of nitrogens with one attached hydrogen (secondary N) is 1. The minimum absolute atomic E-state index is 0.0705. The highest BCUT2D eigenvalue weighted by Gasteiger charge is 2.27. The summed E-state index contributed by atoms with van der Waals surface area (Å²) < 4.78 is 35.3. The van der Waals surface area contributed by atoms with Crippen LogP contribution < -0.4 is 9.46 Å². The number of hydrogen-bond donors (Lipinski definition) is 1. The molecule has 0 saturated carbocycles. The average Bonchev–Trinajstić information content (AvgIpc) is 2.86. The van der Waals surface area contributed by atoms with Gasteiger partial charge in [-0.15, -0.1) is 0 Å². The van der Waals surface area contributed by atoms with Crippen LogP contribution in [0, 0.1) is 0 Å². The molecule has 0 amide bonds. The lowest BCUT2D eigenvalue weighted by molar-refractivity contribution is 0.200. The summed E-state index contributed by atoms with van der Waals surface area (Å²) in [5.74, 6) is 0.640. The fourth-order valence-corrected chi connectivity index (χ4v) is 6.08. The van der Waals surface area contributed by atoms with Gasteiger partial charge < -0.3 is 4.74 Å². The number of ether oxygens (including phenoxy) is 1. The molecule has 1 saturated heterocycles. The Morgan fingerprint density at radius 1 is 0.941 bits per heavy atom. The molecule has 0 radical (unpaired) electrons. The molecule has 4 rings (SSSR count). The second-order valence-corrected chi connectivity index (χ2v) is 10.6. The van der Waals surface area contributed by atoms with Gasteiger partial charge in [-0.3, -0.25) is 4.90 Å². The zero-order chi connectivity index (χ0) is 24.0. The highest BCUT2D eigenvalue weighted by Crippen LogP contribution is 2.32. The summed E-state index contributed by atoms with van der Waals surface area (Å²) in [5, 5.41) is 0. The van der Waals surface area contributed by atoms with Crippen LogP contribution in [0.4, 0.5) is 0 Å². The van der Waals surface area contributed by atoms with Crippen LogP contribution in [-0.2, 0) is 23.0 Å². The number of sulfonamides is 1. The topological polar surface area (TPSA) is 58.6 Å². The number of methoxy groups -OCH3 is 1. The maximum atomic E-state index is 13.5. The van der Waals surface area contributed by atoms with Gasteiger partial charge in [0.1, 0.15) is 5.75 Å². The summed E-state index contributed by atoms with van der Waals surface area (Å²) in [6.07, 6.45) is 3.67. The van der Waals surface area contributed by atoms with Crippen LogP contribution in [-0.4, -0.2) is 39.6 Å². The summed E-state index contributed by atoms with van der Waals surface area (Å²) in [6, 6.07) is 23.7. The van der Waals surface area contributed by atoms with Crippen molar-refractivity contribution in [1.82, 2.24) is 9.62 Å². The van der Waals surface area contributed by atoms with Crippen molar-refractivity contribution in [3.63, 3.8) is 0 Å². The van der Waals surface area contributed by atoms with Crippen molar-refractivity contribution < 1.29 is 13.2 Å². The van der Waals surface area contributed by atoms with Crippen molar-refractivity contribution in [2.24, 2.45) is 0 Å². The molecule has 0 atom stereocenters. The average molecular weight is 479 g/mol. The lowest BCUT2D eigenvalue weighted by atomic mass is 10.0. The monoisotopic (exact) mass is 478 g/mol. The molecule has 1 fully saturated rings. The maximum absolute atomic E-state index is 13.5. The molecule has 3 aromatic carbocycles. The first kappa shape index (κ1) is 24.5. The lowest BCUT2D eigenvalue weighted by Gasteiger charge is -2.32. The summed E-state index contributed by atoms with van der Waals surface area (Å²) in [4.78, 5) is 2.68. The molecule has 0 aromatic heterocycles. The second-order valence-electron chi connectivity index (χ2n) is 8.97. The number of aryl methyl sites for hydroxylation is 1. The van der Waals surface area contributed by atoms with E-state index in [-0.39, 0.29) is 6.04 Å². The third-order valence-electron chi connectivity index (χ3n) is 6.44. The molecule has 34 heavy (non-hydrogen) atoms. The number of hydrogen-bond acceptors (Lipinski definition) is 4. The van der Waals surface area contributed by atoms with E-state index in [1.165, 1.54) is 11.1 Å². The van der Waals surface area contributed by atoms with E-state index >= 15 is 0 Å². The lowest BCUT2D eigenvalue weighted by Crippen LogP contribution is -2.44. The first-order chi connectivity index (χ1) is 16.5. The fourth-order valence-electron chi connectivity index (χ4n) is 4.57. The first-order valence-corrected chi connectivity index (χ1v) is 13.5. The predicted octanol–water partition coefficient (Wildman–Crippen LogP) is 5.26. The molecular formula is C28H34N2O3S. The van der Waals surface area contributed by atoms with Gasteiger partial charge in [0.05, 0.1) is 12.0 Å². The minimum atomic E-state index is -3.68. The molecule has 1 aliphatic heterocycles. The van der Waals surface area contributed by atoms with E-state index in [0.717, 1.165) is 50.9 Å². The van der Waals surface area contributed by atoms with E-state index in [4.69, 9.17) is 4.74 Å². The van der Waals surface area contributed by atoms with Gasteiger partial charge in [-0.25, -0.2) is 13.1 Å². The van der Waals surface area contributed by atoms with Crippen molar-refractivity contribution in [2.75, 3.05) is 20.2 Å². The van der Waals surface area contributed by atoms with Crippen molar-refractivity contribution in [1.29, 1.82) is 0 Å². The molecule has 180 valence electrons. The van der Waals surface area contributed by atoms with Gasteiger partial charge in [0.2, 0.25) is 10.0 Å². The molecule has 3 aromatic rings. The van der Waals surface area contributed by atoms with Gasteiger partial charge in [0.25, 0.3) is 0 Å². The summed E-state index contributed by atoms with van der Waals surface area (Å²) in [6.45, 7) is 4.79. The SMILES string of the molecule is CCCc1ccc(-c2cc(OC)ccc2S(=O)(=O)NC2CCN(Cc3ccccc3)CC2)cc1. The van der Waals surface area contributed by atoms with Gasteiger partial charge in [0, 0.05) is 31.2 Å². The Balaban J connectivity index is 1.49. The number of likely N-dealkylation sites (tertiary alicyclic amines) is 1.